The fourth-order valence-electron chi connectivity index (χ4n) is 3.85. The molecular formula is C22H22N6O5S. The van der Waals surface area contributed by atoms with E-state index in [1.165, 1.54) is 10.5 Å². The SMILES string of the molecule is Cc1ccc(-c2noc([C@H]3COCCN3S(C)(=O)=O)n2)cc1NC(=O)c1cnc2ccccn12. The van der Waals surface area contributed by atoms with Crippen molar-refractivity contribution >= 4 is 27.3 Å². The molecule has 0 radical (unpaired) electrons. The molecule has 5 rings (SSSR count). The lowest BCUT2D eigenvalue weighted by molar-refractivity contribution is 0.0206. The fraction of sp³-hybridized carbons (Fsp3) is 0.273. The minimum Gasteiger partial charge on any atom is -0.378 e. The Morgan fingerprint density at radius 2 is 2.09 bits per heavy atom. The molecule has 4 aromatic rings. The number of aromatic nitrogens is 4. The third-order valence-electron chi connectivity index (χ3n) is 5.63. The lowest BCUT2D eigenvalue weighted by Crippen LogP contribution is -2.42. The van der Waals surface area contributed by atoms with Crippen molar-refractivity contribution in [1.82, 2.24) is 23.8 Å². The number of hydrogen-bond donors (Lipinski definition) is 1. The molecule has 0 aliphatic carbocycles. The number of nitrogens with zero attached hydrogens (tertiary/aromatic N) is 5. The minimum atomic E-state index is -3.47. The molecule has 12 heteroatoms. The van der Waals surface area contributed by atoms with Crippen LogP contribution in [0.5, 0.6) is 0 Å². The number of rotatable bonds is 5. The van der Waals surface area contributed by atoms with Gasteiger partial charge in [-0.1, -0.05) is 23.4 Å². The molecule has 0 bridgehead atoms. The molecule has 1 aliphatic rings. The highest BCUT2D eigenvalue weighted by Gasteiger charge is 2.35. The van der Waals surface area contributed by atoms with Gasteiger partial charge in [-0.05, 0) is 30.7 Å². The topological polar surface area (TPSA) is 132 Å². The first kappa shape index (κ1) is 22.2. The van der Waals surface area contributed by atoms with Gasteiger partial charge in [-0.3, -0.25) is 9.20 Å². The van der Waals surface area contributed by atoms with Crippen LogP contribution in [-0.2, 0) is 14.8 Å². The van der Waals surface area contributed by atoms with Crippen LogP contribution in [0.25, 0.3) is 17.0 Å². The Morgan fingerprint density at radius 3 is 2.91 bits per heavy atom. The average Bonchev–Trinajstić information content (AvgIpc) is 3.48. The predicted octanol–water partition coefficient (Wildman–Crippen LogP) is 2.28. The zero-order valence-electron chi connectivity index (χ0n) is 18.5. The predicted molar refractivity (Wildman–Crippen MR) is 123 cm³/mol. The smallest absolute Gasteiger partial charge is 0.274 e. The number of pyridine rings is 1. The number of amides is 1. The van der Waals surface area contributed by atoms with Gasteiger partial charge in [0.25, 0.3) is 5.91 Å². The second-order valence-corrected chi connectivity index (χ2v) is 9.91. The van der Waals surface area contributed by atoms with E-state index in [-0.39, 0.29) is 30.8 Å². The van der Waals surface area contributed by atoms with Crippen LogP contribution in [0.4, 0.5) is 5.69 Å². The summed E-state index contributed by atoms with van der Waals surface area (Å²) in [5.74, 6) is 0.118. The molecule has 1 aliphatic heterocycles. The number of fused-ring (bicyclic) bond motifs is 1. The summed E-state index contributed by atoms with van der Waals surface area (Å²) in [7, 11) is -3.47. The van der Waals surface area contributed by atoms with Crippen molar-refractivity contribution in [3.05, 3.63) is 65.9 Å². The highest BCUT2D eigenvalue weighted by atomic mass is 32.2. The van der Waals surface area contributed by atoms with Crippen LogP contribution in [0.3, 0.4) is 0 Å². The number of ether oxygens (including phenoxy) is 1. The van der Waals surface area contributed by atoms with Crippen LogP contribution in [0.2, 0.25) is 0 Å². The summed E-state index contributed by atoms with van der Waals surface area (Å²) in [5.41, 5.74) is 3.11. The van der Waals surface area contributed by atoms with Crippen LogP contribution in [0.15, 0.2) is 53.3 Å². The van der Waals surface area contributed by atoms with E-state index in [0.717, 1.165) is 11.8 Å². The second-order valence-electron chi connectivity index (χ2n) is 7.98. The van der Waals surface area contributed by atoms with Crippen molar-refractivity contribution in [2.75, 3.05) is 31.3 Å². The number of morpholine rings is 1. The van der Waals surface area contributed by atoms with Crippen LogP contribution < -0.4 is 5.32 Å². The number of aryl methyl sites for hydroxylation is 1. The van der Waals surface area contributed by atoms with Gasteiger partial charge in [0.05, 0.1) is 25.7 Å². The Morgan fingerprint density at radius 1 is 1.24 bits per heavy atom. The highest BCUT2D eigenvalue weighted by molar-refractivity contribution is 7.88. The second kappa shape index (κ2) is 8.63. The van der Waals surface area contributed by atoms with Gasteiger partial charge in [0, 0.05) is 24.0 Å². The summed E-state index contributed by atoms with van der Waals surface area (Å²) in [6.07, 6.45) is 4.44. The van der Waals surface area contributed by atoms with Crippen molar-refractivity contribution < 1.29 is 22.5 Å². The molecular weight excluding hydrogens is 460 g/mol. The van der Waals surface area contributed by atoms with Crippen LogP contribution in [-0.4, -0.2) is 64.2 Å². The Bertz CT molecular complexity index is 1480. The van der Waals surface area contributed by atoms with Gasteiger partial charge in [-0.15, -0.1) is 0 Å². The standard InChI is InChI=1S/C22H22N6O5S/c1-14-6-7-15(11-16(14)24-21(29)17-12-23-19-5-3-4-8-27(17)19)20-25-22(33-26-20)18-13-32-10-9-28(18)34(2,30)31/h3-8,11-12,18H,9-10,13H2,1-2H3,(H,24,29)/t18-/m1/s1. The number of imidazole rings is 1. The Labute approximate surface area is 195 Å². The molecule has 34 heavy (non-hydrogen) atoms. The van der Waals surface area contributed by atoms with Crippen LogP contribution in [0, 0.1) is 6.92 Å². The number of hydrogen-bond acceptors (Lipinski definition) is 8. The summed E-state index contributed by atoms with van der Waals surface area (Å²) in [6, 6.07) is 10.2. The van der Waals surface area contributed by atoms with E-state index in [1.54, 1.807) is 22.7 Å². The summed E-state index contributed by atoms with van der Waals surface area (Å²) in [6.45, 7) is 2.52. The van der Waals surface area contributed by atoms with E-state index >= 15 is 0 Å². The molecule has 0 spiro atoms. The lowest BCUT2D eigenvalue weighted by Gasteiger charge is -2.30. The van der Waals surface area contributed by atoms with Crippen molar-refractivity contribution in [3.8, 4) is 11.4 Å². The number of anilines is 1. The molecule has 1 N–H and O–H groups in total. The van der Waals surface area contributed by atoms with E-state index in [9.17, 15) is 13.2 Å². The quantitative estimate of drug-likeness (QED) is 0.458. The molecule has 0 saturated carbocycles. The molecule has 0 unspecified atom stereocenters. The van der Waals surface area contributed by atoms with Gasteiger partial charge in [0.1, 0.15) is 17.4 Å². The highest BCUT2D eigenvalue weighted by Crippen LogP contribution is 2.29. The molecule has 1 atom stereocenters. The number of carbonyl (C=O) groups is 1. The molecule has 1 amide bonds. The van der Waals surface area contributed by atoms with E-state index in [0.29, 0.717) is 29.2 Å². The lowest BCUT2D eigenvalue weighted by atomic mass is 10.1. The Hall–Kier alpha value is -3.61. The normalized spacial score (nSPS) is 17.2. The third kappa shape index (κ3) is 4.18. The number of nitrogens with one attached hydrogen (secondary N) is 1. The van der Waals surface area contributed by atoms with E-state index in [1.807, 2.05) is 31.2 Å². The van der Waals surface area contributed by atoms with Crippen molar-refractivity contribution in [2.45, 2.75) is 13.0 Å². The van der Waals surface area contributed by atoms with Gasteiger partial charge in [-0.2, -0.15) is 9.29 Å². The third-order valence-corrected chi connectivity index (χ3v) is 6.91. The van der Waals surface area contributed by atoms with Crippen molar-refractivity contribution in [1.29, 1.82) is 0 Å². The van der Waals surface area contributed by atoms with E-state index < -0.39 is 16.1 Å². The molecule has 1 fully saturated rings. The van der Waals surface area contributed by atoms with Crippen LogP contribution in [0.1, 0.15) is 28.0 Å². The van der Waals surface area contributed by atoms with Crippen molar-refractivity contribution in [2.24, 2.45) is 0 Å². The monoisotopic (exact) mass is 482 g/mol. The summed E-state index contributed by atoms with van der Waals surface area (Å²) < 4.78 is 38.1. The van der Waals surface area contributed by atoms with E-state index in [4.69, 9.17) is 9.26 Å². The molecule has 11 nitrogen and oxygen atoms in total. The summed E-state index contributed by atoms with van der Waals surface area (Å²) in [5, 5.41) is 6.95. The fourth-order valence-corrected chi connectivity index (χ4v) is 4.87. The zero-order chi connectivity index (χ0) is 23.9. The number of sulfonamides is 1. The van der Waals surface area contributed by atoms with Gasteiger partial charge in [0.2, 0.25) is 21.7 Å². The first-order chi connectivity index (χ1) is 16.3. The Balaban J connectivity index is 1.41. The van der Waals surface area contributed by atoms with Crippen molar-refractivity contribution in [3.63, 3.8) is 0 Å². The molecule has 1 saturated heterocycles. The first-order valence-electron chi connectivity index (χ1n) is 10.5. The van der Waals surface area contributed by atoms with Gasteiger partial charge in [-0.25, -0.2) is 13.4 Å². The number of carbonyl (C=O) groups excluding carboxylic acids is 1. The summed E-state index contributed by atoms with van der Waals surface area (Å²) in [4.78, 5) is 21.6. The molecule has 4 heterocycles. The minimum absolute atomic E-state index is 0.128. The summed E-state index contributed by atoms with van der Waals surface area (Å²) >= 11 is 0. The van der Waals surface area contributed by atoms with Gasteiger partial charge in [0.15, 0.2) is 0 Å². The molecule has 1 aromatic carbocycles. The van der Waals surface area contributed by atoms with Gasteiger partial charge >= 0.3 is 0 Å². The maximum absolute atomic E-state index is 12.9. The first-order valence-corrected chi connectivity index (χ1v) is 12.4. The van der Waals surface area contributed by atoms with E-state index in [2.05, 4.69) is 20.4 Å². The molecule has 176 valence electrons. The number of benzene rings is 1. The largest absolute Gasteiger partial charge is 0.378 e. The van der Waals surface area contributed by atoms with Gasteiger partial charge < -0.3 is 14.6 Å². The maximum atomic E-state index is 12.9. The zero-order valence-corrected chi connectivity index (χ0v) is 19.3. The molecule has 3 aromatic heterocycles. The Kier molecular flexibility index (Phi) is 5.63. The average molecular weight is 483 g/mol. The van der Waals surface area contributed by atoms with Crippen LogP contribution >= 0.6 is 0 Å². The maximum Gasteiger partial charge on any atom is 0.274 e.